The first-order chi connectivity index (χ1) is 15.4. The molecule has 2 unspecified atom stereocenters. The quantitative estimate of drug-likeness (QED) is 0.498. The van der Waals surface area contributed by atoms with E-state index in [1.165, 1.54) is 11.4 Å². The van der Waals surface area contributed by atoms with Crippen molar-refractivity contribution in [2.24, 2.45) is 0 Å². The van der Waals surface area contributed by atoms with Gasteiger partial charge in [-0.3, -0.25) is 0 Å². The molecule has 1 N–H and O–H groups in total. The molecule has 3 aromatic rings. The van der Waals surface area contributed by atoms with E-state index in [-0.39, 0.29) is 17.4 Å². The summed E-state index contributed by atoms with van der Waals surface area (Å²) in [7, 11) is 0.882. The number of esters is 1. The lowest BCUT2D eigenvalue weighted by atomic mass is 9.93. The van der Waals surface area contributed by atoms with Crippen LogP contribution < -0.4 is 5.32 Å². The van der Waals surface area contributed by atoms with Crippen LogP contribution >= 0.6 is 0 Å². The fraction of sp³-hybridized carbons (Fsp3) is 0.240. The van der Waals surface area contributed by atoms with Crippen LogP contribution in [0.25, 0.3) is 0 Å². The third-order valence-corrected chi connectivity index (χ3v) is 7.30. The van der Waals surface area contributed by atoms with Gasteiger partial charge in [0.25, 0.3) is 0 Å². The summed E-state index contributed by atoms with van der Waals surface area (Å²) < 4.78 is 33.4. The summed E-state index contributed by atoms with van der Waals surface area (Å²) >= 11 is 0. The molecule has 0 aromatic heterocycles. The Kier molecular flexibility index (Phi) is 7.80. The van der Waals surface area contributed by atoms with E-state index in [1.54, 1.807) is 31.3 Å². The van der Waals surface area contributed by atoms with Crippen molar-refractivity contribution in [1.82, 2.24) is 9.62 Å². The number of carbonyl (C=O) groups excluding carboxylic acids is 1. The molecule has 0 spiro atoms. The van der Waals surface area contributed by atoms with E-state index in [0.717, 1.165) is 11.1 Å². The van der Waals surface area contributed by atoms with E-state index in [2.05, 4.69) is 5.32 Å². The Labute approximate surface area is 189 Å². The van der Waals surface area contributed by atoms with Crippen molar-refractivity contribution in [1.29, 1.82) is 0 Å². The van der Waals surface area contributed by atoms with E-state index in [1.807, 2.05) is 67.7 Å². The molecule has 0 aliphatic carbocycles. The molecule has 0 heterocycles. The average Bonchev–Trinajstić information content (AvgIpc) is 2.82. The number of benzene rings is 3. The summed E-state index contributed by atoms with van der Waals surface area (Å²) in [6.45, 7) is 0. The fourth-order valence-corrected chi connectivity index (χ4v) is 5.29. The molecule has 7 heteroatoms. The van der Waals surface area contributed by atoms with Crippen LogP contribution in [0.5, 0.6) is 0 Å². The van der Waals surface area contributed by atoms with E-state index in [9.17, 15) is 13.2 Å². The minimum Gasteiger partial charge on any atom is -0.465 e. The zero-order chi connectivity index (χ0) is 23.1. The Morgan fingerprint density at radius 2 is 1.44 bits per heavy atom. The van der Waals surface area contributed by atoms with Crippen LogP contribution in [0.15, 0.2) is 84.9 Å². The van der Waals surface area contributed by atoms with Gasteiger partial charge in [-0.15, -0.1) is 0 Å². The molecular formula is C25H28N2O4S. The van der Waals surface area contributed by atoms with Crippen molar-refractivity contribution in [3.63, 3.8) is 0 Å². The Morgan fingerprint density at radius 3 is 2.00 bits per heavy atom. The standard InChI is InChI=1S/C25H28N2O4S/c1-26-23(19-12-6-4-7-13-19)24(20-14-8-5-9-15-20)27(2)32(29,30)18-21-16-10-11-17-22(21)25(28)31-3/h4-17,23-24,26H,18H2,1-3H3. The molecule has 3 rings (SSSR count). The summed E-state index contributed by atoms with van der Waals surface area (Å²) in [5.74, 6) is -0.876. The van der Waals surface area contributed by atoms with Crippen LogP contribution in [-0.2, 0) is 20.5 Å². The zero-order valence-electron chi connectivity index (χ0n) is 18.4. The fourth-order valence-electron chi connectivity index (χ4n) is 3.86. The van der Waals surface area contributed by atoms with Gasteiger partial charge in [-0.1, -0.05) is 78.9 Å². The maximum Gasteiger partial charge on any atom is 0.338 e. The molecule has 0 aliphatic heterocycles. The first kappa shape index (κ1) is 23.7. The molecule has 3 aromatic carbocycles. The summed E-state index contributed by atoms with van der Waals surface area (Å²) in [5, 5.41) is 3.29. The number of ether oxygens (including phenoxy) is 1. The van der Waals surface area contributed by atoms with Crippen molar-refractivity contribution in [2.45, 2.75) is 17.8 Å². The van der Waals surface area contributed by atoms with Crippen LogP contribution in [0.2, 0.25) is 0 Å². The lowest BCUT2D eigenvalue weighted by Gasteiger charge is -2.34. The highest BCUT2D eigenvalue weighted by Gasteiger charge is 2.34. The molecule has 0 radical (unpaired) electrons. The van der Waals surface area contributed by atoms with Crippen LogP contribution in [-0.4, -0.2) is 39.9 Å². The lowest BCUT2D eigenvalue weighted by Crippen LogP contribution is -2.39. The minimum atomic E-state index is -3.80. The number of sulfonamides is 1. The Hall–Kier alpha value is -3.00. The summed E-state index contributed by atoms with van der Waals surface area (Å²) in [6.07, 6.45) is 0. The van der Waals surface area contributed by atoms with E-state index >= 15 is 0 Å². The predicted molar refractivity (Wildman–Crippen MR) is 126 cm³/mol. The molecule has 6 nitrogen and oxygen atoms in total. The highest BCUT2D eigenvalue weighted by molar-refractivity contribution is 7.88. The largest absolute Gasteiger partial charge is 0.465 e. The normalized spacial score (nSPS) is 13.5. The number of hydrogen-bond donors (Lipinski definition) is 1. The first-order valence-electron chi connectivity index (χ1n) is 10.3. The summed E-state index contributed by atoms with van der Waals surface area (Å²) in [5.41, 5.74) is 2.49. The molecule has 0 amide bonds. The molecule has 0 fully saturated rings. The van der Waals surface area contributed by atoms with Gasteiger partial charge in [-0.25, -0.2) is 13.2 Å². The summed E-state index contributed by atoms with van der Waals surface area (Å²) in [6, 6.07) is 25.1. The lowest BCUT2D eigenvalue weighted by molar-refractivity contribution is 0.0600. The minimum absolute atomic E-state index is 0.247. The second kappa shape index (κ2) is 10.5. The Bertz CT molecular complexity index is 1130. The van der Waals surface area contributed by atoms with Crippen molar-refractivity contribution >= 4 is 16.0 Å². The van der Waals surface area contributed by atoms with Crippen molar-refractivity contribution in [3.05, 3.63) is 107 Å². The molecule has 0 saturated carbocycles. The maximum absolute atomic E-state index is 13.6. The van der Waals surface area contributed by atoms with Gasteiger partial charge in [0.1, 0.15) is 0 Å². The monoisotopic (exact) mass is 452 g/mol. The highest BCUT2D eigenvalue weighted by atomic mass is 32.2. The van der Waals surface area contributed by atoms with E-state index < -0.39 is 22.0 Å². The van der Waals surface area contributed by atoms with Crippen molar-refractivity contribution < 1.29 is 17.9 Å². The number of carbonyl (C=O) groups is 1. The van der Waals surface area contributed by atoms with Gasteiger partial charge >= 0.3 is 5.97 Å². The molecular weight excluding hydrogens is 424 g/mol. The Balaban J connectivity index is 2.03. The van der Waals surface area contributed by atoms with Crippen LogP contribution in [0.4, 0.5) is 0 Å². The molecule has 32 heavy (non-hydrogen) atoms. The van der Waals surface area contributed by atoms with Crippen LogP contribution in [0, 0.1) is 0 Å². The number of methoxy groups -OCH3 is 1. The van der Waals surface area contributed by atoms with Gasteiger partial charge in [0.2, 0.25) is 10.0 Å². The highest BCUT2D eigenvalue weighted by Crippen LogP contribution is 2.35. The Morgan fingerprint density at radius 1 is 0.906 bits per heavy atom. The number of nitrogens with one attached hydrogen (secondary N) is 1. The number of nitrogens with zero attached hydrogens (tertiary/aromatic N) is 1. The second-order valence-corrected chi connectivity index (χ2v) is 9.48. The third kappa shape index (κ3) is 5.24. The third-order valence-electron chi connectivity index (χ3n) is 5.52. The van der Waals surface area contributed by atoms with E-state index in [0.29, 0.717) is 5.56 Å². The van der Waals surface area contributed by atoms with Crippen LogP contribution in [0.3, 0.4) is 0 Å². The molecule has 0 saturated heterocycles. The summed E-state index contributed by atoms with van der Waals surface area (Å²) in [4.78, 5) is 12.1. The maximum atomic E-state index is 13.6. The van der Waals surface area contributed by atoms with Crippen LogP contribution in [0.1, 0.15) is 39.1 Å². The molecule has 2 atom stereocenters. The molecule has 168 valence electrons. The first-order valence-corrected chi connectivity index (χ1v) is 11.9. The van der Waals surface area contributed by atoms with Gasteiger partial charge in [-0.05, 0) is 29.8 Å². The topological polar surface area (TPSA) is 75.7 Å². The van der Waals surface area contributed by atoms with E-state index in [4.69, 9.17) is 4.74 Å². The average molecular weight is 453 g/mol. The second-order valence-electron chi connectivity index (χ2n) is 7.45. The SMILES string of the molecule is CNC(c1ccccc1)C(c1ccccc1)N(C)S(=O)(=O)Cc1ccccc1C(=O)OC. The van der Waals surface area contributed by atoms with Gasteiger partial charge in [0.15, 0.2) is 0 Å². The van der Waals surface area contributed by atoms with Crippen molar-refractivity contribution in [3.8, 4) is 0 Å². The number of hydrogen-bond acceptors (Lipinski definition) is 5. The van der Waals surface area contributed by atoms with Gasteiger partial charge in [0.05, 0.1) is 30.5 Å². The van der Waals surface area contributed by atoms with Gasteiger partial charge < -0.3 is 10.1 Å². The molecule has 0 aliphatic rings. The molecule has 0 bridgehead atoms. The predicted octanol–water partition coefficient (Wildman–Crippen LogP) is 3.94. The number of rotatable bonds is 9. The van der Waals surface area contributed by atoms with Crippen molar-refractivity contribution in [2.75, 3.05) is 21.2 Å². The zero-order valence-corrected chi connectivity index (χ0v) is 19.2. The number of likely N-dealkylation sites (N-methyl/N-ethyl adjacent to an activating group) is 2. The van der Waals surface area contributed by atoms with Gasteiger partial charge in [0, 0.05) is 7.05 Å². The smallest absolute Gasteiger partial charge is 0.338 e. The van der Waals surface area contributed by atoms with Gasteiger partial charge in [-0.2, -0.15) is 4.31 Å².